The molecule has 3 heterocycles. The number of carbonyl (C=O) groups is 1. The van der Waals surface area contributed by atoms with Crippen molar-refractivity contribution >= 4 is 56.3 Å². The van der Waals surface area contributed by atoms with Crippen molar-refractivity contribution in [2.45, 2.75) is 41.7 Å². The van der Waals surface area contributed by atoms with Crippen LogP contribution in [0, 0.1) is 0 Å². The third-order valence-corrected chi connectivity index (χ3v) is 12.1. The maximum Gasteiger partial charge on any atom is 0.261 e. The maximum atomic E-state index is 12.1. The molecule has 0 atom stereocenters. The van der Waals surface area contributed by atoms with Gasteiger partial charge in [-0.25, -0.2) is 14.6 Å². The monoisotopic (exact) mass is 732 g/mol. The van der Waals surface area contributed by atoms with Crippen molar-refractivity contribution in [3.8, 4) is 5.69 Å². The van der Waals surface area contributed by atoms with Gasteiger partial charge in [-0.05, 0) is 69.3 Å². The molecule has 0 radical (unpaired) electrons. The normalized spacial score (nSPS) is 11.9. The number of halogens is 2. The molecule has 1 amide bonds. The van der Waals surface area contributed by atoms with Gasteiger partial charge in [0.2, 0.25) is 5.91 Å². The Morgan fingerprint density at radius 1 is 0.840 bits per heavy atom. The van der Waals surface area contributed by atoms with Gasteiger partial charge in [-0.1, -0.05) is 82.0 Å². The van der Waals surface area contributed by atoms with Crippen molar-refractivity contribution in [1.82, 2.24) is 24.7 Å². The zero-order valence-corrected chi connectivity index (χ0v) is 30.2. The van der Waals surface area contributed by atoms with Gasteiger partial charge in [-0.15, -0.1) is 0 Å². The highest BCUT2D eigenvalue weighted by molar-refractivity contribution is 8.31. The number of hydrogen-bond acceptors (Lipinski definition) is 7. The molecular formula is C37H38Cl2N6O4S. The second kappa shape index (κ2) is 16.9. The zero-order chi connectivity index (χ0) is 35.6. The molecule has 0 spiro atoms. The highest BCUT2D eigenvalue weighted by Crippen LogP contribution is 2.71. The van der Waals surface area contributed by atoms with Gasteiger partial charge in [0.25, 0.3) is 5.56 Å². The third-order valence-electron chi connectivity index (χ3n) is 7.42. The minimum absolute atomic E-state index is 0.138. The summed E-state index contributed by atoms with van der Waals surface area (Å²) >= 11 is 11.9. The van der Waals surface area contributed by atoms with E-state index in [-0.39, 0.29) is 22.6 Å². The number of fused-ring (bicyclic) bond motifs is 1. The van der Waals surface area contributed by atoms with Crippen molar-refractivity contribution in [2.24, 2.45) is 0 Å². The molecule has 3 aromatic carbocycles. The Balaban J connectivity index is 0.000000237. The lowest BCUT2D eigenvalue weighted by atomic mass is 10.3. The fourth-order valence-corrected chi connectivity index (χ4v) is 9.21. The number of aromatic nitrogens is 5. The summed E-state index contributed by atoms with van der Waals surface area (Å²) in [5, 5.41) is 8.38. The Morgan fingerprint density at radius 2 is 1.50 bits per heavy atom. The highest BCUT2D eigenvalue weighted by Gasteiger charge is 2.41. The van der Waals surface area contributed by atoms with Crippen LogP contribution in [-0.4, -0.2) is 55.2 Å². The molecular weight excluding hydrogens is 695 g/mol. The number of nitrogens with zero attached hydrogens (tertiary/aromatic N) is 4. The fraction of sp³-hybridized carbons (Fsp3) is 0.216. The smallest absolute Gasteiger partial charge is 0.261 e. The van der Waals surface area contributed by atoms with Crippen molar-refractivity contribution < 1.29 is 13.7 Å². The molecule has 0 saturated carbocycles. The molecule has 260 valence electrons. The minimum Gasteiger partial charge on any atom is -0.378 e. The van der Waals surface area contributed by atoms with Crippen molar-refractivity contribution in [2.75, 3.05) is 25.1 Å². The Morgan fingerprint density at radius 3 is 2.12 bits per heavy atom. The van der Waals surface area contributed by atoms with Crippen molar-refractivity contribution in [3.63, 3.8) is 0 Å². The van der Waals surface area contributed by atoms with Crippen LogP contribution < -0.4 is 10.9 Å². The van der Waals surface area contributed by atoms with Crippen LogP contribution in [0.3, 0.4) is 0 Å². The van der Waals surface area contributed by atoms with E-state index in [1.165, 1.54) is 28.5 Å². The first-order valence-electron chi connectivity index (χ1n) is 15.8. The first-order valence-corrected chi connectivity index (χ1v) is 18.1. The molecule has 0 unspecified atom stereocenters. The lowest BCUT2D eigenvalue weighted by Crippen LogP contribution is -2.29. The van der Waals surface area contributed by atoms with Gasteiger partial charge < -0.3 is 19.2 Å². The quantitative estimate of drug-likeness (QED) is 0.128. The number of para-hydroxylation sites is 1. The molecule has 0 fully saturated rings. The van der Waals surface area contributed by atoms with Crippen LogP contribution in [0.1, 0.15) is 27.2 Å². The second-order valence-electron chi connectivity index (χ2n) is 11.9. The molecule has 13 heteroatoms. The van der Waals surface area contributed by atoms with Crippen LogP contribution in [0.4, 0.5) is 5.82 Å². The number of ether oxygens (including phenoxy) is 1. The molecule has 3 aromatic heterocycles. The summed E-state index contributed by atoms with van der Waals surface area (Å²) in [6, 6.07) is 31.4. The number of benzene rings is 3. The number of pyridine rings is 1. The Labute approximate surface area is 302 Å². The summed E-state index contributed by atoms with van der Waals surface area (Å²) in [7, 11) is -1.80. The summed E-state index contributed by atoms with van der Waals surface area (Å²) < 4.78 is 13.9. The highest BCUT2D eigenvalue weighted by atomic mass is 35.5. The van der Waals surface area contributed by atoms with Gasteiger partial charge in [-0.2, -0.15) is 5.10 Å². The summed E-state index contributed by atoms with van der Waals surface area (Å²) in [6.07, 6.45) is 4.55. The van der Waals surface area contributed by atoms with Crippen LogP contribution in [0.25, 0.3) is 16.7 Å². The standard InChI is InChI=1S/C26H31ClN2O3S.C11H7ClN4O/c1-26(2,3)33(22-10-6-4-7-11-22,23-12-8-5-9-13-23)32-19-18-31-17-16-25(30)29-24-15-14-21(27)20-28-24;12-8-3-1-2-4-9(8)16-10-7(5-15-16)11(17)14-6-13-10/h4-15,20H,16-19H2,1-3H3,(H,28,29,30);1-6H,(H,13,14,17). The molecule has 0 aliphatic heterocycles. The van der Waals surface area contributed by atoms with Crippen LogP contribution in [0.5, 0.6) is 0 Å². The van der Waals surface area contributed by atoms with Gasteiger partial charge in [0.15, 0.2) is 5.65 Å². The molecule has 6 aromatic rings. The molecule has 6 rings (SSSR count). The van der Waals surface area contributed by atoms with E-state index in [0.29, 0.717) is 52.4 Å². The van der Waals surface area contributed by atoms with E-state index in [1.54, 1.807) is 22.9 Å². The third kappa shape index (κ3) is 8.79. The summed E-state index contributed by atoms with van der Waals surface area (Å²) in [4.78, 5) is 36.7. The topological polar surface area (TPSA) is 124 Å². The summed E-state index contributed by atoms with van der Waals surface area (Å²) in [5.41, 5.74) is 0.970. The van der Waals surface area contributed by atoms with Gasteiger partial charge in [0.05, 0.1) is 54.5 Å². The molecule has 0 bridgehead atoms. The van der Waals surface area contributed by atoms with E-state index in [4.69, 9.17) is 32.1 Å². The van der Waals surface area contributed by atoms with E-state index in [0.717, 1.165) is 0 Å². The Bertz CT molecular complexity index is 2010. The second-order valence-corrected chi connectivity index (χ2v) is 16.2. The number of hydrogen-bond donors (Lipinski definition) is 2. The van der Waals surface area contributed by atoms with Crippen LogP contribution in [0.15, 0.2) is 130 Å². The number of amides is 1. The van der Waals surface area contributed by atoms with E-state index in [2.05, 4.69) is 94.7 Å². The summed E-state index contributed by atoms with van der Waals surface area (Å²) in [6.45, 7) is 7.79. The fourth-order valence-electron chi connectivity index (χ4n) is 5.18. The predicted molar refractivity (Wildman–Crippen MR) is 201 cm³/mol. The number of nitrogens with one attached hydrogen (secondary N) is 2. The van der Waals surface area contributed by atoms with Gasteiger partial charge in [-0.3, -0.25) is 9.59 Å². The number of carbonyl (C=O) groups excluding carboxylic acids is 1. The number of rotatable bonds is 11. The predicted octanol–water partition coefficient (Wildman–Crippen LogP) is 8.50. The van der Waals surface area contributed by atoms with E-state index in [1.807, 2.05) is 30.3 Å². The van der Waals surface area contributed by atoms with E-state index < -0.39 is 10.3 Å². The average molecular weight is 734 g/mol. The van der Waals surface area contributed by atoms with E-state index in [9.17, 15) is 9.59 Å². The van der Waals surface area contributed by atoms with E-state index >= 15 is 0 Å². The molecule has 0 saturated heterocycles. The SMILES string of the molecule is CC(C)(C)S(OCCOCCC(=O)Nc1ccc(Cl)cn1)(c1ccccc1)c1ccccc1.O=c1[nH]cnc2c1cnn2-c1ccccc1Cl. The molecule has 2 N–H and O–H groups in total. The van der Waals surface area contributed by atoms with Gasteiger partial charge in [0.1, 0.15) is 11.2 Å². The first-order chi connectivity index (χ1) is 24.1. The van der Waals surface area contributed by atoms with Crippen LogP contribution >= 0.6 is 33.5 Å². The Hall–Kier alpha value is -4.52. The largest absolute Gasteiger partial charge is 0.378 e. The maximum absolute atomic E-state index is 12.1. The number of aromatic amines is 1. The van der Waals surface area contributed by atoms with Crippen LogP contribution in [0.2, 0.25) is 10.0 Å². The minimum atomic E-state index is -1.80. The lowest BCUT2D eigenvalue weighted by molar-refractivity contribution is -0.117. The number of anilines is 1. The lowest BCUT2D eigenvalue weighted by Gasteiger charge is -2.50. The van der Waals surface area contributed by atoms with Crippen molar-refractivity contribution in [3.05, 3.63) is 136 Å². The van der Waals surface area contributed by atoms with Gasteiger partial charge >= 0.3 is 0 Å². The zero-order valence-electron chi connectivity index (χ0n) is 27.9. The molecule has 10 nitrogen and oxygen atoms in total. The van der Waals surface area contributed by atoms with Crippen molar-refractivity contribution in [1.29, 1.82) is 0 Å². The van der Waals surface area contributed by atoms with Crippen LogP contribution in [-0.2, 0) is 13.7 Å². The Kier molecular flexibility index (Phi) is 12.4. The molecule has 0 aliphatic carbocycles. The van der Waals surface area contributed by atoms with Gasteiger partial charge in [0, 0.05) is 20.7 Å². The molecule has 0 aliphatic rings. The molecule has 50 heavy (non-hydrogen) atoms. The summed E-state index contributed by atoms with van der Waals surface area (Å²) in [5.74, 6) is 0.311. The number of H-pyrrole nitrogens is 1. The first kappa shape index (κ1) is 36.8. The average Bonchev–Trinajstić information content (AvgIpc) is 3.55.